The molecule has 5 nitrogen and oxygen atoms in total. The van der Waals surface area contributed by atoms with Crippen LogP contribution < -0.4 is 10.6 Å². The van der Waals surface area contributed by atoms with E-state index in [0.717, 1.165) is 82.6 Å². The number of nitrogens with zero attached hydrogens (tertiary/aromatic N) is 1. The SMILES string of the molecule is CC(C)=CCC/C(C)=C\CNC1=CC(=O)CC(c2cccc(C3CCN(Cc4ccc(CNC5=CC(=O)CC(c6ccccc6)C5)cc4)CC3)c2)C1. The molecule has 2 atom stereocenters. The van der Waals surface area contributed by atoms with Gasteiger partial charge < -0.3 is 10.6 Å². The standard InChI is InChI=1S/C47H57N3O2/c1-34(2)9-7-10-35(3)19-22-48-44-27-43(29-47(52)30-44)41-14-8-13-40(25-41)39-20-23-50(24-21-39)33-37-17-15-36(16-18-37)32-49-45-26-42(28-46(51)31-45)38-11-5-4-6-12-38/h4-6,8-9,11-19,25,30-31,39,42-43,48-49H,7,10,20-24,26-29,32-33H2,1-3H3/b35-19-. The topological polar surface area (TPSA) is 61.4 Å². The van der Waals surface area contributed by atoms with Gasteiger partial charge in [-0.25, -0.2) is 0 Å². The largest absolute Gasteiger partial charge is 0.385 e. The molecule has 0 radical (unpaired) electrons. The third-order valence-electron chi connectivity index (χ3n) is 11.0. The van der Waals surface area contributed by atoms with Crippen molar-refractivity contribution in [3.63, 3.8) is 0 Å². The number of ketones is 2. The summed E-state index contributed by atoms with van der Waals surface area (Å²) in [6.07, 6.45) is 15.6. The minimum atomic E-state index is 0.203. The molecule has 2 N–H and O–H groups in total. The number of likely N-dealkylation sites (tertiary alicyclic amines) is 1. The Morgan fingerprint density at radius 1 is 0.673 bits per heavy atom. The van der Waals surface area contributed by atoms with Crippen molar-refractivity contribution in [2.24, 2.45) is 0 Å². The summed E-state index contributed by atoms with van der Waals surface area (Å²) in [6.45, 7) is 11.1. The molecular formula is C47H57N3O2. The van der Waals surface area contributed by atoms with Crippen molar-refractivity contribution in [3.05, 3.63) is 154 Å². The molecular weight excluding hydrogens is 639 g/mol. The fourth-order valence-electron chi connectivity index (χ4n) is 8.00. The number of hydrogen-bond acceptors (Lipinski definition) is 5. The van der Waals surface area contributed by atoms with Gasteiger partial charge in [-0.1, -0.05) is 102 Å². The van der Waals surface area contributed by atoms with Crippen molar-refractivity contribution >= 4 is 11.6 Å². The number of piperidine rings is 1. The van der Waals surface area contributed by atoms with E-state index in [1.165, 1.54) is 39.0 Å². The molecule has 1 saturated heterocycles. The van der Waals surface area contributed by atoms with E-state index in [2.05, 4.69) is 121 Å². The predicted octanol–water partition coefficient (Wildman–Crippen LogP) is 9.80. The van der Waals surface area contributed by atoms with Crippen LogP contribution in [0.4, 0.5) is 0 Å². The number of carbonyl (C=O) groups excluding carboxylic acids is 2. The maximum absolute atomic E-state index is 12.8. The smallest absolute Gasteiger partial charge is 0.158 e. The molecule has 1 aliphatic heterocycles. The van der Waals surface area contributed by atoms with Crippen LogP contribution in [-0.4, -0.2) is 36.1 Å². The third kappa shape index (κ3) is 11.0. The van der Waals surface area contributed by atoms with Crippen molar-refractivity contribution in [2.45, 2.75) is 103 Å². The average Bonchev–Trinajstić information content (AvgIpc) is 3.15. The van der Waals surface area contributed by atoms with Gasteiger partial charge in [-0.2, -0.15) is 0 Å². The molecule has 3 aliphatic rings. The summed E-state index contributed by atoms with van der Waals surface area (Å²) >= 11 is 0. The third-order valence-corrected chi connectivity index (χ3v) is 11.0. The Labute approximate surface area is 312 Å². The van der Waals surface area contributed by atoms with Crippen LogP contribution in [0.2, 0.25) is 0 Å². The summed E-state index contributed by atoms with van der Waals surface area (Å²) < 4.78 is 0. The number of hydrogen-bond donors (Lipinski definition) is 2. The highest BCUT2D eigenvalue weighted by Crippen LogP contribution is 2.35. The van der Waals surface area contributed by atoms with Gasteiger partial charge in [-0.3, -0.25) is 14.5 Å². The molecule has 272 valence electrons. The first kappa shape index (κ1) is 37.3. The zero-order valence-corrected chi connectivity index (χ0v) is 31.5. The van der Waals surface area contributed by atoms with Gasteiger partial charge in [0.2, 0.25) is 0 Å². The van der Waals surface area contributed by atoms with Gasteiger partial charge in [0, 0.05) is 56.0 Å². The molecule has 2 unspecified atom stereocenters. The second-order valence-corrected chi connectivity index (χ2v) is 15.5. The fraction of sp³-hybridized carbons (Fsp3) is 0.404. The lowest BCUT2D eigenvalue weighted by atomic mass is 9.82. The van der Waals surface area contributed by atoms with Gasteiger partial charge in [-0.05, 0) is 118 Å². The van der Waals surface area contributed by atoms with Crippen LogP contribution in [0.1, 0.15) is 118 Å². The molecule has 0 saturated carbocycles. The summed E-state index contributed by atoms with van der Waals surface area (Å²) in [7, 11) is 0. The van der Waals surface area contributed by atoms with Gasteiger partial charge in [0.15, 0.2) is 11.6 Å². The first-order valence-electron chi connectivity index (χ1n) is 19.5. The molecule has 0 bridgehead atoms. The average molecular weight is 696 g/mol. The molecule has 0 amide bonds. The number of benzene rings is 3. The van der Waals surface area contributed by atoms with Crippen LogP contribution in [0, 0.1) is 0 Å². The zero-order chi connectivity index (χ0) is 36.3. The lowest BCUT2D eigenvalue weighted by molar-refractivity contribution is -0.116. The van der Waals surface area contributed by atoms with Crippen molar-refractivity contribution in [1.82, 2.24) is 15.5 Å². The summed E-state index contributed by atoms with van der Waals surface area (Å²) in [6, 6.07) is 28.4. The Bertz CT molecular complexity index is 1790. The number of carbonyl (C=O) groups is 2. The van der Waals surface area contributed by atoms with E-state index in [1.807, 2.05) is 12.1 Å². The van der Waals surface area contributed by atoms with E-state index >= 15 is 0 Å². The molecule has 1 heterocycles. The fourth-order valence-corrected chi connectivity index (χ4v) is 8.00. The molecule has 5 heteroatoms. The van der Waals surface area contributed by atoms with E-state index in [4.69, 9.17) is 0 Å². The minimum absolute atomic E-state index is 0.203. The predicted molar refractivity (Wildman–Crippen MR) is 214 cm³/mol. The number of rotatable bonds is 14. The molecule has 6 rings (SSSR count). The number of allylic oxidation sites excluding steroid dienone is 7. The van der Waals surface area contributed by atoms with Crippen molar-refractivity contribution in [1.29, 1.82) is 0 Å². The van der Waals surface area contributed by atoms with Gasteiger partial charge in [0.05, 0.1) is 0 Å². The molecule has 0 aromatic heterocycles. The van der Waals surface area contributed by atoms with Gasteiger partial charge in [0.1, 0.15) is 0 Å². The Balaban J connectivity index is 0.947. The highest BCUT2D eigenvalue weighted by atomic mass is 16.1. The van der Waals surface area contributed by atoms with Crippen LogP contribution in [0.5, 0.6) is 0 Å². The maximum Gasteiger partial charge on any atom is 0.158 e. The molecule has 0 spiro atoms. The highest BCUT2D eigenvalue weighted by molar-refractivity contribution is 5.92. The first-order chi connectivity index (χ1) is 25.3. The van der Waals surface area contributed by atoms with E-state index in [0.29, 0.717) is 18.8 Å². The normalized spacial score (nSPS) is 20.2. The Morgan fingerprint density at radius 3 is 1.94 bits per heavy atom. The highest BCUT2D eigenvalue weighted by Gasteiger charge is 2.25. The van der Waals surface area contributed by atoms with Crippen molar-refractivity contribution in [3.8, 4) is 0 Å². The first-order valence-corrected chi connectivity index (χ1v) is 19.5. The Morgan fingerprint density at radius 2 is 1.27 bits per heavy atom. The van der Waals surface area contributed by atoms with Crippen LogP contribution in [0.15, 0.2) is 126 Å². The molecule has 2 aliphatic carbocycles. The van der Waals surface area contributed by atoms with E-state index in [1.54, 1.807) is 6.08 Å². The van der Waals surface area contributed by atoms with Crippen LogP contribution >= 0.6 is 0 Å². The molecule has 3 aromatic rings. The van der Waals surface area contributed by atoms with Crippen LogP contribution in [0.3, 0.4) is 0 Å². The second-order valence-electron chi connectivity index (χ2n) is 15.5. The summed E-state index contributed by atoms with van der Waals surface area (Å²) in [4.78, 5) is 27.8. The number of nitrogens with one attached hydrogen (secondary N) is 2. The van der Waals surface area contributed by atoms with E-state index < -0.39 is 0 Å². The van der Waals surface area contributed by atoms with Crippen molar-refractivity contribution < 1.29 is 9.59 Å². The van der Waals surface area contributed by atoms with Gasteiger partial charge >= 0.3 is 0 Å². The monoisotopic (exact) mass is 695 g/mol. The molecule has 1 fully saturated rings. The summed E-state index contributed by atoms with van der Waals surface area (Å²) in [5.74, 6) is 1.46. The molecule has 52 heavy (non-hydrogen) atoms. The van der Waals surface area contributed by atoms with Crippen LogP contribution in [-0.2, 0) is 22.7 Å². The Kier molecular flexibility index (Phi) is 13.1. The van der Waals surface area contributed by atoms with E-state index in [9.17, 15) is 9.59 Å². The lowest BCUT2D eigenvalue weighted by Gasteiger charge is -2.33. The maximum atomic E-state index is 12.8. The summed E-state index contributed by atoms with van der Waals surface area (Å²) in [5.41, 5.74) is 11.4. The van der Waals surface area contributed by atoms with Gasteiger partial charge in [0.25, 0.3) is 0 Å². The summed E-state index contributed by atoms with van der Waals surface area (Å²) in [5, 5.41) is 7.08. The van der Waals surface area contributed by atoms with E-state index in [-0.39, 0.29) is 23.4 Å². The zero-order valence-electron chi connectivity index (χ0n) is 31.5. The second kappa shape index (κ2) is 18.3. The van der Waals surface area contributed by atoms with Crippen LogP contribution in [0.25, 0.3) is 0 Å². The Hall–Kier alpha value is -4.48. The quantitative estimate of drug-likeness (QED) is 0.165. The van der Waals surface area contributed by atoms with Gasteiger partial charge in [-0.15, -0.1) is 0 Å². The minimum Gasteiger partial charge on any atom is -0.385 e. The lowest BCUT2D eigenvalue weighted by Crippen LogP contribution is -2.32. The molecule has 3 aromatic carbocycles. The van der Waals surface area contributed by atoms with Crippen molar-refractivity contribution in [2.75, 3.05) is 19.6 Å².